The molecule has 0 unspecified atom stereocenters. The molecule has 9 nitrogen and oxygen atoms in total. The van der Waals surface area contributed by atoms with Crippen molar-refractivity contribution in [2.45, 2.75) is 13.8 Å². The molecule has 4 heterocycles. The Balaban J connectivity index is 1.60. The van der Waals surface area contributed by atoms with Crippen LogP contribution in [0.1, 0.15) is 11.3 Å². The summed E-state index contributed by atoms with van der Waals surface area (Å²) in [4.78, 5) is 17.5. The monoisotopic (exact) mass is 447 g/mol. The molecule has 1 aliphatic heterocycles. The van der Waals surface area contributed by atoms with Crippen molar-refractivity contribution in [1.29, 1.82) is 0 Å². The summed E-state index contributed by atoms with van der Waals surface area (Å²) in [5, 5.41) is 6.79. The van der Waals surface area contributed by atoms with Gasteiger partial charge in [0.05, 0.1) is 18.3 Å². The Morgan fingerprint density at radius 2 is 2.00 bits per heavy atom. The second-order valence-electron chi connectivity index (χ2n) is 7.66. The van der Waals surface area contributed by atoms with E-state index in [-0.39, 0.29) is 5.69 Å². The number of hydrogen-bond donors (Lipinski definition) is 3. The number of nitrogen functional groups attached to an aromatic ring is 1. The first-order valence-corrected chi connectivity index (χ1v) is 10.4. The van der Waals surface area contributed by atoms with Gasteiger partial charge in [-0.3, -0.25) is 0 Å². The Hall–Kier alpha value is -4.21. The minimum absolute atomic E-state index is 0.0232. The number of nitrogens with zero attached hydrogens (tertiary/aromatic N) is 4. The molecule has 4 N–H and O–H groups in total. The zero-order valence-corrected chi connectivity index (χ0v) is 18.4. The normalized spacial score (nSPS) is 12.6. The maximum Gasteiger partial charge on any atom is 0.237 e. The molecule has 10 heteroatoms. The second-order valence-corrected chi connectivity index (χ2v) is 7.66. The number of anilines is 4. The number of pyridine rings is 2. The zero-order valence-electron chi connectivity index (χ0n) is 18.4. The Morgan fingerprint density at radius 1 is 1.15 bits per heavy atom. The van der Waals surface area contributed by atoms with Gasteiger partial charge in [-0.2, -0.15) is 0 Å². The van der Waals surface area contributed by atoms with E-state index in [0.717, 1.165) is 16.9 Å². The molecule has 3 aromatic heterocycles. The van der Waals surface area contributed by atoms with Crippen molar-refractivity contribution in [2.24, 2.45) is 0 Å². The lowest BCUT2D eigenvalue weighted by Crippen LogP contribution is -2.20. The van der Waals surface area contributed by atoms with Gasteiger partial charge < -0.3 is 25.8 Å². The van der Waals surface area contributed by atoms with Crippen LogP contribution in [0.25, 0.3) is 22.0 Å². The molecular formula is C23H22FN7O2. The Kier molecular flexibility index (Phi) is 5.04. The maximum atomic E-state index is 15.3. The fourth-order valence-corrected chi connectivity index (χ4v) is 3.83. The van der Waals surface area contributed by atoms with E-state index in [1.54, 1.807) is 19.4 Å². The van der Waals surface area contributed by atoms with Crippen LogP contribution in [0, 0.1) is 19.7 Å². The van der Waals surface area contributed by atoms with Crippen LogP contribution in [0.5, 0.6) is 11.8 Å². The fraction of sp³-hybridized carbons (Fsp3) is 0.217. The number of nitrogens with one attached hydrogen (secondary N) is 2. The predicted octanol–water partition coefficient (Wildman–Crippen LogP) is 3.98. The molecule has 0 fully saturated rings. The second kappa shape index (κ2) is 8.05. The first kappa shape index (κ1) is 20.7. The van der Waals surface area contributed by atoms with E-state index in [0.29, 0.717) is 58.6 Å². The van der Waals surface area contributed by atoms with Gasteiger partial charge in [0.25, 0.3) is 0 Å². The van der Waals surface area contributed by atoms with Crippen LogP contribution in [0.2, 0.25) is 0 Å². The molecule has 0 saturated carbocycles. The number of halogens is 1. The van der Waals surface area contributed by atoms with Gasteiger partial charge in [-0.05, 0) is 37.6 Å². The van der Waals surface area contributed by atoms with Gasteiger partial charge in [0.15, 0.2) is 5.82 Å². The highest BCUT2D eigenvalue weighted by Gasteiger charge is 2.21. The molecule has 4 aromatic rings. The van der Waals surface area contributed by atoms with E-state index in [1.807, 2.05) is 26.0 Å². The molecule has 0 spiro atoms. The molecule has 5 rings (SSSR count). The third-order valence-corrected chi connectivity index (χ3v) is 5.54. The third kappa shape index (κ3) is 3.59. The molecule has 0 atom stereocenters. The van der Waals surface area contributed by atoms with Crippen molar-refractivity contribution in [3.05, 3.63) is 47.7 Å². The number of aromatic nitrogens is 4. The molecular weight excluding hydrogens is 425 g/mol. The van der Waals surface area contributed by atoms with Gasteiger partial charge in [0, 0.05) is 41.1 Å². The largest absolute Gasteiger partial charge is 0.480 e. The summed E-state index contributed by atoms with van der Waals surface area (Å²) in [6.45, 7) is 4.95. The number of nitrogens with two attached hydrogens (primary N) is 1. The summed E-state index contributed by atoms with van der Waals surface area (Å²) in [5.74, 6) is 0.686. The number of hydrogen-bond acceptors (Lipinski definition) is 9. The molecule has 0 aliphatic carbocycles. The number of benzene rings is 1. The number of ether oxygens (including phenoxy) is 2. The number of aryl methyl sites for hydroxylation is 1. The molecule has 1 aromatic carbocycles. The summed E-state index contributed by atoms with van der Waals surface area (Å²) in [7, 11) is 1.54. The summed E-state index contributed by atoms with van der Waals surface area (Å²) in [5.41, 5.74) is 10.5. The first-order chi connectivity index (χ1) is 16.0. The van der Waals surface area contributed by atoms with Crippen molar-refractivity contribution in [1.82, 2.24) is 19.9 Å². The van der Waals surface area contributed by atoms with E-state index in [1.165, 1.54) is 6.20 Å². The summed E-state index contributed by atoms with van der Waals surface area (Å²) in [6, 6.07) is 5.33. The zero-order chi connectivity index (χ0) is 23.1. The van der Waals surface area contributed by atoms with Crippen molar-refractivity contribution in [3.63, 3.8) is 0 Å². The molecule has 0 amide bonds. The van der Waals surface area contributed by atoms with Gasteiger partial charge in [-0.1, -0.05) is 0 Å². The fourth-order valence-electron chi connectivity index (χ4n) is 3.83. The minimum atomic E-state index is -0.544. The molecule has 0 saturated heterocycles. The summed E-state index contributed by atoms with van der Waals surface area (Å²) in [6.07, 6.45) is 3.09. The van der Waals surface area contributed by atoms with Crippen LogP contribution in [0.15, 0.2) is 30.6 Å². The van der Waals surface area contributed by atoms with Gasteiger partial charge in [0.1, 0.15) is 18.0 Å². The van der Waals surface area contributed by atoms with Gasteiger partial charge in [-0.15, -0.1) is 0 Å². The van der Waals surface area contributed by atoms with E-state index in [4.69, 9.17) is 15.2 Å². The minimum Gasteiger partial charge on any atom is -0.480 e. The highest BCUT2D eigenvalue weighted by molar-refractivity contribution is 5.96. The highest BCUT2D eigenvalue weighted by Crippen LogP contribution is 2.39. The van der Waals surface area contributed by atoms with Crippen LogP contribution in [0.4, 0.5) is 27.4 Å². The van der Waals surface area contributed by atoms with Crippen LogP contribution in [0.3, 0.4) is 0 Å². The lowest BCUT2D eigenvalue weighted by atomic mass is 9.98. The van der Waals surface area contributed by atoms with E-state index < -0.39 is 5.82 Å². The van der Waals surface area contributed by atoms with E-state index in [2.05, 4.69) is 30.6 Å². The standard InChI is InChI=1S/C23H22FN7O2/c1-11-4-5-16(21(29-11)32-3)30-23-28-10-15-17(31-23)8-13(18(24)19(15)25)14-9-27-22-20(12(14)2)26-6-7-33-22/h4-5,8-10,26H,6-7,25H2,1-3H3,(H,28,30,31). The SMILES string of the molecule is COc1nc(C)ccc1Nc1ncc2c(N)c(F)c(-c3cnc4c(c3C)NCCO4)cc2n1. The number of rotatable bonds is 4. The molecule has 1 aliphatic rings. The first-order valence-electron chi connectivity index (χ1n) is 10.4. The quantitative estimate of drug-likeness (QED) is 0.399. The summed E-state index contributed by atoms with van der Waals surface area (Å²) < 4.78 is 26.2. The average molecular weight is 447 g/mol. The smallest absolute Gasteiger partial charge is 0.237 e. The Bertz CT molecular complexity index is 1390. The molecule has 168 valence electrons. The van der Waals surface area contributed by atoms with Crippen LogP contribution in [-0.4, -0.2) is 40.2 Å². The van der Waals surface area contributed by atoms with E-state index in [9.17, 15) is 0 Å². The molecule has 0 bridgehead atoms. The van der Waals surface area contributed by atoms with E-state index >= 15 is 4.39 Å². The molecule has 33 heavy (non-hydrogen) atoms. The van der Waals surface area contributed by atoms with Crippen molar-refractivity contribution >= 4 is 33.9 Å². The van der Waals surface area contributed by atoms with Crippen molar-refractivity contribution < 1.29 is 13.9 Å². The highest BCUT2D eigenvalue weighted by atomic mass is 19.1. The number of fused-ring (bicyclic) bond motifs is 2. The van der Waals surface area contributed by atoms with Gasteiger partial charge >= 0.3 is 0 Å². The van der Waals surface area contributed by atoms with Crippen molar-refractivity contribution in [3.8, 4) is 22.9 Å². The Morgan fingerprint density at radius 3 is 2.82 bits per heavy atom. The van der Waals surface area contributed by atoms with Crippen LogP contribution in [-0.2, 0) is 0 Å². The van der Waals surface area contributed by atoms with Gasteiger partial charge in [0.2, 0.25) is 17.7 Å². The van der Waals surface area contributed by atoms with Crippen LogP contribution >= 0.6 is 0 Å². The molecule has 0 radical (unpaired) electrons. The average Bonchev–Trinajstić information content (AvgIpc) is 2.83. The maximum absolute atomic E-state index is 15.3. The van der Waals surface area contributed by atoms with Crippen LogP contribution < -0.4 is 25.8 Å². The Labute approximate surface area is 189 Å². The predicted molar refractivity (Wildman–Crippen MR) is 125 cm³/mol. The van der Waals surface area contributed by atoms with Gasteiger partial charge in [-0.25, -0.2) is 24.3 Å². The number of methoxy groups -OCH3 is 1. The third-order valence-electron chi connectivity index (χ3n) is 5.54. The lowest BCUT2D eigenvalue weighted by molar-refractivity contribution is 0.310. The summed E-state index contributed by atoms with van der Waals surface area (Å²) >= 11 is 0. The van der Waals surface area contributed by atoms with Crippen molar-refractivity contribution in [2.75, 3.05) is 36.6 Å². The topological polar surface area (TPSA) is 120 Å². The lowest BCUT2D eigenvalue weighted by Gasteiger charge is -2.22.